The van der Waals surface area contributed by atoms with E-state index in [1.54, 1.807) is 12.3 Å². The third-order valence-electron chi connectivity index (χ3n) is 4.50. The van der Waals surface area contributed by atoms with Crippen LogP contribution >= 0.6 is 11.8 Å². The van der Waals surface area contributed by atoms with E-state index in [1.807, 2.05) is 41.8 Å². The lowest BCUT2D eigenvalue weighted by Gasteiger charge is -2.19. The zero-order chi connectivity index (χ0) is 21.0. The number of benzene rings is 1. The second kappa shape index (κ2) is 8.69. The molecule has 0 saturated carbocycles. The van der Waals surface area contributed by atoms with Crippen LogP contribution in [0.5, 0.6) is 0 Å². The smallest absolute Gasteiger partial charge is 0.234 e. The van der Waals surface area contributed by atoms with E-state index >= 15 is 0 Å². The van der Waals surface area contributed by atoms with Gasteiger partial charge in [-0.15, -0.1) is 16.8 Å². The highest BCUT2D eigenvalue weighted by Gasteiger charge is 2.18. The average Bonchev–Trinajstić information content (AvgIpc) is 3.26. The molecule has 6 nitrogen and oxygen atoms in total. The van der Waals surface area contributed by atoms with Gasteiger partial charge in [-0.2, -0.15) is 0 Å². The van der Waals surface area contributed by atoms with Crippen molar-refractivity contribution in [2.45, 2.75) is 44.8 Å². The second-order valence-electron chi connectivity index (χ2n) is 7.76. The number of furan rings is 1. The maximum Gasteiger partial charge on any atom is 0.234 e. The van der Waals surface area contributed by atoms with Gasteiger partial charge in [0.25, 0.3) is 0 Å². The number of thioether (sulfide) groups is 1. The summed E-state index contributed by atoms with van der Waals surface area (Å²) in [6.07, 6.45) is 3.41. The monoisotopic (exact) mass is 410 g/mol. The predicted molar refractivity (Wildman–Crippen MR) is 117 cm³/mol. The van der Waals surface area contributed by atoms with E-state index in [0.717, 1.165) is 17.0 Å². The maximum atomic E-state index is 12.4. The molecule has 0 bridgehead atoms. The van der Waals surface area contributed by atoms with Gasteiger partial charge in [-0.1, -0.05) is 50.7 Å². The third-order valence-corrected chi connectivity index (χ3v) is 5.46. The lowest BCUT2D eigenvalue weighted by atomic mass is 9.87. The fourth-order valence-electron chi connectivity index (χ4n) is 2.89. The molecule has 29 heavy (non-hydrogen) atoms. The maximum absolute atomic E-state index is 12.4. The van der Waals surface area contributed by atoms with Crippen molar-refractivity contribution in [2.24, 2.45) is 0 Å². The minimum absolute atomic E-state index is 0.0820. The Morgan fingerprint density at radius 1 is 1.24 bits per heavy atom. The second-order valence-corrected chi connectivity index (χ2v) is 8.70. The number of aryl methyl sites for hydroxylation is 1. The van der Waals surface area contributed by atoms with Gasteiger partial charge in [0.1, 0.15) is 5.76 Å². The molecule has 0 spiro atoms. The van der Waals surface area contributed by atoms with Gasteiger partial charge in [0.05, 0.1) is 17.6 Å². The Hall–Kier alpha value is -2.80. The van der Waals surface area contributed by atoms with Crippen LogP contribution in [0.1, 0.15) is 32.1 Å². The third kappa shape index (κ3) is 4.98. The van der Waals surface area contributed by atoms with Gasteiger partial charge in [0.2, 0.25) is 5.91 Å². The molecule has 2 heterocycles. The molecule has 0 saturated heterocycles. The van der Waals surface area contributed by atoms with Crippen molar-refractivity contribution in [3.05, 3.63) is 60.6 Å². The number of hydrogen-bond acceptors (Lipinski definition) is 5. The Labute approximate surface area is 175 Å². The molecule has 0 fully saturated rings. The summed E-state index contributed by atoms with van der Waals surface area (Å²) in [4.78, 5) is 12.4. The molecule has 3 rings (SSSR count). The van der Waals surface area contributed by atoms with Gasteiger partial charge in [0, 0.05) is 12.2 Å². The van der Waals surface area contributed by atoms with Crippen LogP contribution in [0, 0.1) is 6.92 Å². The Bertz CT molecular complexity index is 997. The van der Waals surface area contributed by atoms with E-state index in [0.29, 0.717) is 17.5 Å². The summed E-state index contributed by atoms with van der Waals surface area (Å²) in [6.45, 7) is 12.7. The Morgan fingerprint density at radius 2 is 1.97 bits per heavy atom. The molecule has 0 aliphatic carbocycles. The highest BCUT2D eigenvalue weighted by atomic mass is 32.2. The highest BCUT2D eigenvalue weighted by molar-refractivity contribution is 7.99. The van der Waals surface area contributed by atoms with Crippen molar-refractivity contribution in [1.82, 2.24) is 14.8 Å². The molecular weight excluding hydrogens is 384 g/mol. The van der Waals surface area contributed by atoms with Crippen LogP contribution in [-0.2, 0) is 16.8 Å². The summed E-state index contributed by atoms with van der Waals surface area (Å²) in [5.41, 5.74) is 2.98. The number of allylic oxidation sites excluding steroid dienone is 1. The van der Waals surface area contributed by atoms with Crippen LogP contribution < -0.4 is 5.32 Å². The normalized spacial score (nSPS) is 11.4. The lowest BCUT2D eigenvalue weighted by molar-refractivity contribution is -0.113. The Kier molecular flexibility index (Phi) is 6.27. The molecule has 1 aromatic carbocycles. The van der Waals surface area contributed by atoms with E-state index in [-0.39, 0.29) is 17.1 Å². The molecule has 1 amide bonds. The first kappa shape index (κ1) is 20.9. The van der Waals surface area contributed by atoms with E-state index < -0.39 is 0 Å². The van der Waals surface area contributed by atoms with Crippen LogP contribution in [0.2, 0.25) is 0 Å². The number of nitrogens with zero attached hydrogens (tertiary/aromatic N) is 3. The molecule has 1 N–H and O–H groups in total. The standard InChI is InChI=1S/C22H26N4O2S/c1-6-12-26-20(18-11-13-28-15(18)2)24-25-21(26)29-14-19(27)23-17-9-7-16(8-10-17)22(3,4)5/h6-11,13H,1,12,14H2,2-5H3,(H,23,27). The van der Waals surface area contributed by atoms with Crippen molar-refractivity contribution in [3.8, 4) is 11.4 Å². The number of anilines is 1. The van der Waals surface area contributed by atoms with Crippen molar-refractivity contribution >= 4 is 23.4 Å². The van der Waals surface area contributed by atoms with E-state index in [2.05, 4.69) is 42.9 Å². The Balaban J connectivity index is 1.66. The van der Waals surface area contributed by atoms with E-state index in [4.69, 9.17) is 4.42 Å². The molecule has 0 aliphatic rings. The first-order valence-corrected chi connectivity index (χ1v) is 10.4. The van der Waals surface area contributed by atoms with Gasteiger partial charge in [-0.3, -0.25) is 9.36 Å². The van der Waals surface area contributed by atoms with Crippen molar-refractivity contribution < 1.29 is 9.21 Å². The van der Waals surface area contributed by atoms with Crippen LogP contribution in [0.3, 0.4) is 0 Å². The molecule has 152 valence electrons. The van der Waals surface area contributed by atoms with Gasteiger partial charge >= 0.3 is 0 Å². The van der Waals surface area contributed by atoms with Gasteiger partial charge in [-0.25, -0.2) is 0 Å². The molecule has 0 radical (unpaired) electrons. The van der Waals surface area contributed by atoms with Gasteiger partial charge in [-0.05, 0) is 36.1 Å². The van der Waals surface area contributed by atoms with Crippen LogP contribution in [-0.4, -0.2) is 26.4 Å². The summed E-state index contributed by atoms with van der Waals surface area (Å²) >= 11 is 1.34. The van der Waals surface area contributed by atoms with Crippen molar-refractivity contribution in [3.63, 3.8) is 0 Å². The quantitative estimate of drug-likeness (QED) is 0.435. The van der Waals surface area contributed by atoms with Gasteiger partial charge in [0.15, 0.2) is 11.0 Å². The largest absolute Gasteiger partial charge is 0.469 e. The SMILES string of the molecule is C=CCn1c(SCC(=O)Nc2ccc(C(C)(C)C)cc2)nnc1-c1ccoc1C. The number of aromatic nitrogens is 3. The zero-order valence-electron chi connectivity index (χ0n) is 17.2. The summed E-state index contributed by atoms with van der Waals surface area (Å²) in [5, 5.41) is 12.1. The lowest BCUT2D eigenvalue weighted by Crippen LogP contribution is -2.15. The Morgan fingerprint density at radius 3 is 2.55 bits per heavy atom. The van der Waals surface area contributed by atoms with Crippen LogP contribution in [0.4, 0.5) is 5.69 Å². The summed E-state index contributed by atoms with van der Waals surface area (Å²) < 4.78 is 7.31. The molecule has 3 aromatic rings. The first-order chi connectivity index (χ1) is 13.8. The fourth-order valence-corrected chi connectivity index (χ4v) is 3.63. The molecule has 0 aliphatic heterocycles. The molecule has 0 atom stereocenters. The molecule has 2 aromatic heterocycles. The van der Waals surface area contributed by atoms with E-state index in [1.165, 1.54) is 17.3 Å². The number of amides is 1. The predicted octanol–water partition coefficient (Wildman–Crippen LogP) is 5.06. The topological polar surface area (TPSA) is 73.0 Å². The number of rotatable bonds is 7. The van der Waals surface area contributed by atoms with Gasteiger partial charge < -0.3 is 9.73 Å². The number of carbonyl (C=O) groups is 1. The minimum Gasteiger partial charge on any atom is -0.469 e. The highest BCUT2D eigenvalue weighted by Crippen LogP contribution is 2.27. The number of hydrogen-bond donors (Lipinski definition) is 1. The minimum atomic E-state index is -0.0901. The van der Waals surface area contributed by atoms with Crippen molar-refractivity contribution in [2.75, 3.05) is 11.1 Å². The summed E-state index contributed by atoms with van der Waals surface area (Å²) in [5.74, 6) is 1.63. The molecular formula is C22H26N4O2S. The van der Waals surface area contributed by atoms with Crippen LogP contribution in [0.25, 0.3) is 11.4 Å². The number of carbonyl (C=O) groups excluding carboxylic acids is 1. The molecule has 7 heteroatoms. The number of nitrogens with one attached hydrogen (secondary N) is 1. The molecule has 0 unspecified atom stereocenters. The first-order valence-electron chi connectivity index (χ1n) is 9.41. The fraction of sp³-hybridized carbons (Fsp3) is 0.318. The van der Waals surface area contributed by atoms with Crippen LogP contribution in [0.15, 0.2) is 58.8 Å². The summed E-state index contributed by atoms with van der Waals surface area (Å²) in [7, 11) is 0. The summed E-state index contributed by atoms with van der Waals surface area (Å²) in [6, 6.07) is 9.82. The average molecular weight is 411 g/mol. The van der Waals surface area contributed by atoms with Crippen molar-refractivity contribution in [1.29, 1.82) is 0 Å². The zero-order valence-corrected chi connectivity index (χ0v) is 18.0. The van der Waals surface area contributed by atoms with E-state index in [9.17, 15) is 4.79 Å².